The summed E-state index contributed by atoms with van der Waals surface area (Å²) in [7, 11) is 0. The Bertz CT molecular complexity index is 319. The summed E-state index contributed by atoms with van der Waals surface area (Å²) < 4.78 is 0. The van der Waals surface area contributed by atoms with Gasteiger partial charge in [-0.05, 0) is 38.0 Å². The Morgan fingerprint density at radius 3 is 2.40 bits per heavy atom. The lowest BCUT2D eigenvalue weighted by atomic mass is 9.52. The lowest BCUT2D eigenvalue weighted by molar-refractivity contribution is -0.145. The van der Waals surface area contributed by atoms with E-state index in [0.29, 0.717) is 11.7 Å². The van der Waals surface area contributed by atoms with E-state index in [-0.39, 0.29) is 23.3 Å². The first-order valence-corrected chi connectivity index (χ1v) is 5.90. The lowest BCUT2D eigenvalue weighted by Crippen LogP contribution is -2.62. The maximum atomic E-state index is 11.9. The van der Waals surface area contributed by atoms with Crippen molar-refractivity contribution in [1.29, 1.82) is 0 Å². The van der Waals surface area contributed by atoms with Crippen LogP contribution >= 0.6 is 0 Å². The maximum absolute atomic E-state index is 11.9. The molecule has 4 fully saturated rings. The molecule has 0 saturated heterocycles. The smallest absolute Gasteiger partial charge is 0.217 e. The summed E-state index contributed by atoms with van der Waals surface area (Å²) >= 11 is 0. The van der Waals surface area contributed by atoms with Gasteiger partial charge in [-0.1, -0.05) is 0 Å². The topological polar surface area (TPSA) is 46.2 Å². The number of hydrogen-bond donors (Lipinski definition) is 1. The Morgan fingerprint density at radius 1 is 1.27 bits per heavy atom. The molecular weight excluding hydrogens is 190 g/mol. The van der Waals surface area contributed by atoms with Crippen LogP contribution in [0.15, 0.2) is 0 Å². The minimum atomic E-state index is -0.0176. The van der Waals surface area contributed by atoms with Gasteiger partial charge in [0.15, 0.2) is 0 Å². The zero-order valence-corrected chi connectivity index (χ0v) is 9.08. The molecule has 3 nitrogen and oxygen atoms in total. The Balaban J connectivity index is 1.89. The predicted octanol–water partition coefficient (Wildman–Crippen LogP) is 1.27. The molecule has 4 aliphatic carbocycles. The van der Waals surface area contributed by atoms with E-state index < -0.39 is 0 Å². The molecule has 4 bridgehead atoms. The molecule has 0 heterocycles. The number of ketones is 1. The highest BCUT2D eigenvalue weighted by molar-refractivity contribution is 5.86. The average molecular weight is 207 g/mol. The van der Waals surface area contributed by atoms with Gasteiger partial charge in [0.25, 0.3) is 0 Å². The Kier molecular flexibility index (Phi) is 1.77. The van der Waals surface area contributed by atoms with E-state index in [2.05, 4.69) is 5.32 Å². The van der Waals surface area contributed by atoms with Gasteiger partial charge in [-0.2, -0.15) is 0 Å². The Hall–Kier alpha value is -0.860. The van der Waals surface area contributed by atoms with Crippen LogP contribution in [0.25, 0.3) is 0 Å². The minimum Gasteiger partial charge on any atom is -0.351 e. The molecule has 0 aliphatic heterocycles. The highest BCUT2D eigenvalue weighted by Gasteiger charge is 2.55. The minimum absolute atomic E-state index is 0.0176. The van der Waals surface area contributed by atoms with E-state index in [1.807, 2.05) is 0 Å². The highest BCUT2D eigenvalue weighted by Crippen LogP contribution is 2.53. The summed E-state index contributed by atoms with van der Waals surface area (Å²) in [6.45, 7) is 1.58. The summed E-state index contributed by atoms with van der Waals surface area (Å²) in [6.07, 6.45) is 5.07. The number of nitrogens with one attached hydrogen (secondary N) is 1. The first-order chi connectivity index (χ1) is 7.08. The molecule has 0 aromatic heterocycles. The molecule has 0 aromatic carbocycles. The molecular formula is C12H17NO2. The quantitative estimate of drug-likeness (QED) is 0.703. The predicted molar refractivity (Wildman–Crippen MR) is 55.1 cm³/mol. The first-order valence-electron chi connectivity index (χ1n) is 5.90. The number of rotatable bonds is 1. The number of carbonyl (C=O) groups excluding carboxylic acids is 2. The van der Waals surface area contributed by atoms with E-state index in [9.17, 15) is 9.59 Å². The molecule has 82 valence electrons. The molecule has 0 aromatic rings. The third-order valence-electron chi connectivity index (χ3n) is 4.44. The first kappa shape index (κ1) is 9.37. The van der Waals surface area contributed by atoms with Crippen LogP contribution in [-0.2, 0) is 9.59 Å². The number of hydrogen-bond acceptors (Lipinski definition) is 2. The SMILES string of the molecule is CC(=O)NC12CC3C[C@H](C1)C(=O)[C@@H](C3)C2. The fourth-order valence-corrected chi connectivity index (χ4v) is 4.27. The zero-order valence-electron chi connectivity index (χ0n) is 9.08. The largest absolute Gasteiger partial charge is 0.351 e. The van der Waals surface area contributed by atoms with Crippen molar-refractivity contribution in [3.05, 3.63) is 0 Å². The van der Waals surface area contributed by atoms with Crippen LogP contribution in [-0.4, -0.2) is 17.2 Å². The van der Waals surface area contributed by atoms with Crippen LogP contribution in [0.5, 0.6) is 0 Å². The van der Waals surface area contributed by atoms with Crippen molar-refractivity contribution in [2.45, 2.75) is 44.6 Å². The van der Waals surface area contributed by atoms with Crippen LogP contribution in [0.4, 0.5) is 0 Å². The van der Waals surface area contributed by atoms with Crippen molar-refractivity contribution < 1.29 is 9.59 Å². The van der Waals surface area contributed by atoms with Crippen molar-refractivity contribution in [2.75, 3.05) is 0 Å². The molecule has 4 rings (SSSR count). The average Bonchev–Trinajstić information content (AvgIpc) is 2.10. The van der Waals surface area contributed by atoms with Gasteiger partial charge >= 0.3 is 0 Å². The van der Waals surface area contributed by atoms with Gasteiger partial charge in [0.1, 0.15) is 5.78 Å². The van der Waals surface area contributed by atoms with Crippen LogP contribution in [0.3, 0.4) is 0 Å². The Morgan fingerprint density at radius 2 is 1.87 bits per heavy atom. The van der Waals surface area contributed by atoms with E-state index in [1.54, 1.807) is 6.92 Å². The molecule has 1 amide bonds. The van der Waals surface area contributed by atoms with Crippen molar-refractivity contribution in [3.8, 4) is 0 Å². The second-order valence-electron chi connectivity index (χ2n) is 5.71. The van der Waals surface area contributed by atoms with Gasteiger partial charge in [0.05, 0.1) is 0 Å². The number of carbonyl (C=O) groups is 2. The summed E-state index contributed by atoms with van der Waals surface area (Å²) in [5, 5.41) is 3.12. The van der Waals surface area contributed by atoms with Crippen LogP contribution in [0.1, 0.15) is 39.0 Å². The number of amides is 1. The molecule has 4 saturated carbocycles. The van der Waals surface area contributed by atoms with E-state index >= 15 is 0 Å². The molecule has 2 unspecified atom stereocenters. The standard InChI is InChI=1S/C12H17NO2/c1-7(14)13-12-4-8-2-9(5-12)11(15)10(3-8)6-12/h8-10H,2-6H2,1H3,(H,13,14)/t8?,9-,10+,12?. The molecule has 15 heavy (non-hydrogen) atoms. The van der Waals surface area contributed by atoms with Gasteiger partial charge in [-0.15, -0.1) is 0 Å². The maximum Gasteiger partial charge on any atom is 0.217 e. The molecule has 4 aliphatic rings. The monoisotopic (exact) mass is 207 g/mol. The molecule has 0 spiro atoms. The third kappa shape index (κ3) is 1.32. The Labute approximate surface area is 89.6 Å². The highest BCUT2D eigenvalue weighted by atomic mass is 16.1. The summed E-state index contributed by atoms with van der Waals surface area (Å²) in [4.78, 5) is 23.1. The molecule has 1 N–H and O–H groups in total. The summed E-state index contributed by atoms with van der Waals surface area (Å²) in [5.41, 5.74) is -0.0176. The zero-order chi connectivity index (χ0) is 10.6. The summed E-state index contributed by atoms with van der Waals surface area (Å²) in [6, 6.07) is 0. The van der Waals surface area contributed by atoms with Crippen LogP contribution < -0.4 is 5.32 Å². The van der Waals surface area contributed by atoms with E-state index in [1.165, 1.54) is 0 Å². The summed E-state index contributed by atoms with van der Waals surface area (Å²) in [5.74, 6) is 1.73. The third-order valence-corrected chi connectivity index (χ3v) is 4.44. The van der Waals surface area contributed by atoms with Gasteiger partial charge in [-0.25, -0.2) is 0 Å². The fraction of sp³-hybridized carbons (Fsp3) is 0.833. The van der Waals surface area contributed by atoms with Crippen molar-refractivity contribution in [3.63, 3.8) is 0 Å². The van der Waals surface area contributed by atoms with E-state index in [0.717, 1.165) is 32.1 Å². The molecule has 4 atom stereocenters. The van der Waals surface area contributed by atoms with Crippen molar-refractivity contribution >= 4 is 11.7 Å². The molecule has 3 heteroatoms. The lowest BCUT2D eigenvalue weighted by Gasteiger charge is -2.55. The molecule has 0 radical (unpaired) electrons. The fourth-order valence-electron chi connectivity index (χ4n) is 4.27. The second kappa shape index (κ2) is 2.83. The normalized spacial score (nSPS) is 47.0. The van der Waals surface area contributed by atoms with Gasteiger partial charge in [0, 0.05) is 24.3 Å². The number of Topliss-reactive ketones (excluding diaryl/α,β-unsaturated/α-hetero) is 1. The van der Waals surface area contributed by atoms with E-state index in [4.69, 9.17) is 0 Å². The van der Waals surface area contributed by atoms with Crippen LogP contribution in [0, 0.1) is 17.8 Å². The van der Waals surface area contributed by atoms with Crippen molar-refractivity contribution in [1.82, 2.24) is 5.32 Å². The second-order valence-corrected chi connectivity index (χ2v) is 5.71. The van der Waals surface area contributed by atoms with Gasteiger partial charge in [-0.3, -0.25) is 9.59 Å². The van der Waals surface area contributed by atoms with Gasteiger partial charge < -0.3 is 5.32 Å². The van der Waals surface area contributed by atoms with Crippen LogP contribution in [0.2, 0.25) is 0 Å². The van der Waals surface area contributed by atoms with Gasteiger partial charge in [0.2, 0.25) is 5.91 Å². The van der Waals surface area contributed by atoms with Crippen molar-refractivity contribution in [2.24, 2.45) is 17.8 Å².